The van der Waals surface area contributed by atoms with Crippen LogP contribution in [0, 0.1) is 0 Å². The lowest BCUT2D eigenvalue weighted by Gasteiger charge is -2.29. The predicted molar refractivity (Wildman–Crippen MR) is 194 cm³/mol. The Kier molecular flexibility index (Phi) is 6.17. The lowest BCUT2D eigenvalue weighted by molar-refractivity contribution is 0.669. The van der Waals surface area contributed by atoms with Crippen LogP contribution in [0.5, 0.6) is 0 Å². The molecule has 46 heavy (non-hydrogen) atoms. The molecule has 0 amide bonds. The molecule has 0 aliphatic heterocycles. The van der Waals surface area contributed by atoms with Gasteiger partial charge in [0.25, 0.3) is 0 Å². The summed E-state index contributed by atoms with van der Waals surface area (Å²) in [6, 6.07) is 62.8. The van der Waals surface area contributed by atoms with E-state index >= 15 is 0 Å². The lowest BCUT2D eigenvalue weighted by Crippen LogP contribution is -2.11. The highest BCUT2D eigenvalue weighted by atomic mass is 16.3. The van der Waals surface area contributed by atoms with Gasteiger partial charge in [-0.3, -0.25) is 0 Å². The zero-order valence-electron chi connectivity index (χ0n) is 25.1. The van der Waals surface area contributed by atoms with E-state index in [0.29, 0.717) is 0 Å². The Bertz CT molecular complexity index is 2530. The fourth-order valence-electron chi connectivity index (χ4n) is 6.79. The molecule has 0 unspecified atom stereocenters. The molecule has 2 nitrogen and oxygen atoms in total. The lowest BCUT2D eigenvalue weighted by atomic mass is 9.97. The van der Waals surface area contributed by atoms with Crippen molar-refractivity contribution in [1.82, 2.24) is 0 Å². The molecule has 0 aliphatic rings. The molecule has 8 aromatic carbocycles. The molecule has 1 heterocycles. The van der Waals surface area contributed by atoms with Gasteiger partial charge in [-0.15, -0.1) is 0 Å². The van der Waals surface area contributed by atoms with Gasteiger partial charge in [-0.05, 0) is 81.4 Å². The van der Waals surface area contributed by atoms with E-state index in [1.807, 2.05) is 12.1 Å². The number of hydrogen-bond acceptors (Lipinski definition) is 2. The Labute approximate surface area is 267 Å². The van der Waals surface area contributed by atoms with Gasteiger partial charge in [0.15, 0.2) is 0 Å². The van der Waals surface area contributed by atoms with E-state index in [4.69, 9.17) is 4.42 Å². The summed E-state index contributed by atoms with van der Waals surface area (Å²) in [5.41, 5.74) is 9.84. The van der Waals surface area contributed by atoms with Gasteiger partial charge < -0.3 is 9.32 Å². The van der Waals surface area contributed by atoms with Crippen LogP contribution >= 0.6 is 0 Å². The Hall–Kier alpha value is -6.12. The number of furan rings is 1. The molecule has 2 heteroatoms. The molecular formula is C44H29NO. The van der Waals surface area contributed by atoms with Crippen LogP contribution in [0.25, 0.3) is 65.7 Å². The summed E-state index contributed by atoms with van der Waals surface area (Å²) in [7, 11) is 0. The third kappa shape index (κ3) is 4.43. The molecule has 1 aromatic heterocycles. The number of rotatable bonds is 5. The molecule has 0 radical (unpaired) electrons. The zero-order chi connectivity index (χ0) is 30.5. The van der Waals surface area contributed by atoms with Crippen LogP contribution in [-0.4, -0.2) is 0 Å². The normalized spacial score (nSPS) is 11.5. The summed E-state index contributed by atoms with van der Waals surface area (Å²) < 4.78 is 6.39. The number of benzene rings is 8. The molecule has 216 valence electrons. The highest BCUT2D eigenvalue weighted by Crippen LogP contribution is 2.45. The Morgan fingerprint density at radius 3 is 1.91 bits per heavy atom. The summed E-state index contributed by atoms with van der Waals surface area (Å²) >= 11 is 0. The van der Waals surface area contributed by atoms with Crippen LogP contribution in [0.15, 0.2) is 180 Å². The van der Waals surface area contributed by atoms with Crippen LogP contribution < -0.4 is 4.90 Å². The van der Waals surface area contributed by atoms with Gasteiger partial charge in [-0.2, -0.15) is 0 Å². The monoisotopic (exact) mass is 587 g/mol. The van der Waals surface area contributed by atoms with Crippen molar-refractivity contribution in [2.75, 3.05) is 4.90 Å². The fourth-order valence-corrected chi connectivity index (χ4v) is 6.79. The topological polar surface area (TPSA) is 16.4 Å². The molecule has 0 fully saturated rings. The van der Waals surface area contributed by atoms with Crippen LogP contribution in [0.4, 0.5) is 17.1 Å². The van der Waals surface area contributed by atoms with Crippen molar-refractivity contribution in [3.63, 3.8) is 0 Å². The maximum atomic E-state index is 6.39. The summed E-state index contributed by atoms with van der Waals surface area (Å²) in [4.78, 5) is 2.40. The predicted octanol–water partition coefficient (Wildman–Crippen LogP) is 12.7. The smallest absolute Gasteiger partial charge is 0.136 e. The first kappa shape index (κ1) is 26.3. The van der Waals surface area contributed by atoms with Crippen LogP contribution in [0.3, 0.4) is 0 Å². The molecular weight excluding hydrogens is 558 g/mol. The van der Waals surface area contributed by atoms with Gasteiger partial charge in [0.05, 0.1) is 11.4 Å². The van der Waals surface area contributed by atoms with Gasteiger partial charge in [0, 0.05) is 27.4 Å². The number of anilines is 3. The standard InChI is InChI=1S/C44H29NO/c1-2-11-30(12-3-1)32-23-25-36(26-24-32)45(41-18-8-6-16-37(41)35-22-21-31-13-4-5-14-33(31)27-35)42-19-10-15-34-28-40-38-17-7-9-20-43(38)46-44(40)29-39(34)42/h1-29H. The molecule has 0 spiro atoms. The maximum Gasteiger partial charge on any atom is 0.136 e. The summed E-state index contributed by atoms with van der Waals surface area (Å²) in [6.07, 6.45) is 0. The van der Waals surface area contributed by atoms with Crippen molar-refractivity contribution in [3.05, 3.63) is 176 Å². The van der Waals surface area contributed by atoms with E-state index in [0.717, 1.165) is 44.4 Å². The number of para-hydroxylation sites is 2. The third-order valence-corrected chi connectivity index (χ3v) is 9.03. The van der Waals surface area contributed by atoms with Crippen LogP contribution in [-0.2, 0) is 0 Å². The van der Waals surface area contributed by atoms with Crippen molar-refractivity contribution >= 4 is 60.5 Å². The van der Waals surface area contributed by atoms with Crippen molar-refractivity contribution in [3.8, 4) is 22.3 Å². The number of fused-ring (bicyclic) bond motifs is 5. The van der Waals surface area contributed by atoms with Gasteiger partial charge >= 0.3 is 0 Å². The van der Waals surface area contributed by atoms with E-state index in [2.05, 4.69) is 169 Å². The van der Waals surface area contributed by atoms with Gasteiger partial charge in [-0.1, -0.05) is 127 Å². The van der Waals surface area contributed by atoms with Gasteiger partial charge in [0.1, 0.15) is 11.2 Å². The summed E-state index contributed by atoms with van der Waals surface area (Å²) in [5.74, 6) is 0. The highest BCUT2D eigenvalue weighted by molar-refractivity contribution is 6.13. The van der Waals surface area contributed by atoms with E-state index in [1.165, 1.54) is 38.4 Å². The van der Waals surface area contributed by atoms with E-state index < -0.39 is 0 Å². The van der Waals surface area contributed by atoms with E-state index in [-0.39, 0.29) is 0 Å². The number of nitrogens with zero attached hydrogens (tertiary/aromatic N) is 1. The second kappa shape index (κ2) is 10.8. The number of hydrogen-bond donors (Lipinski definition) is 0. The van der Waals surface area contributed by atoms with Crippen LogP contribution in [0.1, 0.15) is 0 Å². The minimum absolute atomic E-state index is 0.892. The molecule has 0 aliphatic carbocycles. The van der Waals surface area contributed by atoms with Crippen molar-refractivity contribution < 1.29 is 4.42 Å². The quantitative estimate of drug-likeness (QED) is 0.199. The first-order valence-electron chi connectivity index (χ1n) is 15.7. The second-order valence-corrected chi connectivity index (χ2v) is 11.8. The Balaban J connectivity index is 1.28. The van der Waals surface area contributed by atoms with Gasteiger partial charge in [-0.25, -0.2) is 0 Å². The average molecular weight is 588 g/mol. The molecule has 0 saturated heterocycles. The first-order chi connectivity index (χ1) is 22.8. The van der Waals surface area contributed by atoms with Crippen LogP contribution in [0.2, 0.25) is 0 Å². The van der Waals surface area contributed by atoms with E-state index in [1.54, 1.807) is 0 Å². The fraction of sp³-hybridized carbons (Fsp3) is 0. The minimum Gasteiger partial charge on any atom is -0.456 e. The van der Waals surface area contributed by atoms with Gasteiger partial charge in [0.2, 0.25) is 0 Å². The first-order valence-corrected chi connectivity index (χ1v) is 15.7. The molecule has 0 bridgehead atoms. The molecule has 9 aromatic rings. The summed E-state index contributed by atoms with van der Waals surface area (Å²) in [6.45, 7) is 0. The van der Waals surface area contributed by atoms with Crippen molar-refractivity contribution in [1.29, 1.82) is 0 Å². The highest BCUT2D eigenvalue weighted by Gasteiger charge is 2.20. The zero-order valence-corrected chi connectivity index (χ0v) is 25.1. The minimum atomic E-state index is 0.892. The largest absolute Gasteiger partial charge is 0.456 e. The molecule has 0 saturated carbocycles. The summed E-state index contributed by atoms with van der Waals surface area (Å²) in [5, 5.41) is 7.04. The maximum absolute atomic E-state index is 6.39. The third-order valence-electron chi connectivity index (χ3n) is 9.03. The Morgan fingerprint density at radius 2 is 1.02 bits per heavy atom. The molecule has 9 rings (SSSR count). The average Bonchev–Trinajstić information content (AvgIpc) is 3.49. The second-order valence-electron chi connectivity index (χ2n) is 11.8. The SMILES string of the molecule is c1ccc(-c2ccc(N(c3ccccc3-c3ccc4ccccc4c3)c3cccc4cc5c(cc34)oc3ccccc35)cc2)cc1. The molecule has 0 atom stereocenters. The van der Waals surface area contributed by atoms with Crippen molar-refractivity contribution in [2.45, 2.75) is 0 Å². The Morgan fingerprint density at radius 1 is 0.348 bits per heavy atom. The molecule has 0 N–H and O–H groups in total. The van der Waals surface area contributed by atoms with E-state index in [9.17, 15) is 0 Å². The van der Waals surface area contributed by atoms with Crippen molar-refractivity contribution in [2.24, 2.45) is 0 Å².